The van der Waals surface area contributed by atoms with Crippen molar-refractivity contribution < 1.29 is 0 Å². The number of likely N-dealkylation sites (N-methyl/N-ethyl adjacent to an activating group) is 1. The van der Waals surface area contributed by atoms with Crippen LogP contribution >= 0.6 is 0 Å². The van der Waals surface area contributed by atoms with Crippen LogP contribution < -0.4 is 5.73 Å². The molecular formula is C14H27N5. The molecular weight excluding hydrogens is 238 g/mol. The number of hydrogen-bond donors (Lipinski definition) is 1. The molecule has 1 aromatic rings. The van der Waals surface area contributed by atoms with Gasteiger partial charge in [-0.15, -0.1) is 0 Å². The molecule has 2 N–H and O–H groups in total. The molecule has 1 fully saturated rings. The summed E-state index contributed by atoms with van der Waals surface area (Å²) in [4.78, 5) is 9.25. The fraction of sp³-hybridized carbons (Fsp3) is 0.786. The van der Waals surface area contributed by atoms with Crippen molar-refractivity contribution in [2.75, 3.05) is 33.2 Å². The second-order valence-corrected chi connectivity index (χ2v) is 5.56. The minimum Gasteiger partial charge on any atom is -0.333 e. The van der Waals surface area contributed by atoms with Gasteiger partial charge >= 0.3 is 0 Å². The number of rotatable bonds is 4. The van der Waals surface area contributed by atoms with Crippen LogP contribution in [0.25, 0.3) is 0 Å². The summed E-state index contributed by atoms with van der Waals surface area (Å²) in [5.41, 5.74) is 7.32. The zero-order valence-electron chi connectivity index (χ0n) is 12.4. The normalized spacial score (nSPS) is 24.3. The van der Waals surface area contributed by atoms with E-state index in [1.165, 1.54) is 18.7 Å². The summed E-state index contributed by atoms with van der Waals surface area (Å²) in [5.74, 6) is 0. The van der Waals surface area contributed by atoms with E-state index in [1.54, 1.807) is 0 Å². The maximum absolute atomic E-state index is 6.07. The zero-order chi connectivity index (χ0) is 13.8. The summed E-state index contributed by atoms with van der Waals surface area (Å²) in [6.45, 7) is 9.45. The van der Waals surface area contributed by atoms with E-state index in [2.05, 4.69) is 40.2 Å². The van der Waals surface area contributed by atoms with Gasteiger partial charge in [0, 0.05) is 38.4 Å². The van der Waals surface area contributed by atoms with Crippen molar-refractivity contribution in [3.05, 3.63) is 18.2 Å². The van der Waals surface area contributed by atoms with Crippen molar-refractivity contribution in [1.29, 1.82) is 0 Å². The van der Waals surface area contributed by atoms with E-state index in [9.17, 15) is 0 Å². The number of aryl methyl sites for hydroxylation is 1. The third-order valence-electron chi connectivity index (χ3n) is 4.15. The molecule has 0 aromatic carbocycles. The van der Waals surface area contributed by atoms with Crippen molar-refractivity contribution in [2.24, 2.45) is 5.73 Å². The lowest BCUT2D eigenvalue weighted by Crippen LogP contribution is -2.43. The Labute approximate surface area is 116 Å². The molecule has 2 heterocycles. The Bertz CT molecular complexity index is 389. The van der Waals surface area contributed by atoms with E-state index in [0.717, 1.165) is 19.6 Å². The molecule has 1 aliphatic heterocycles. The van der Waals surface area contributed by atoms with Crippen molar-refractivity contribution in [2.45, 2.75) is 38.9 Å². The average Bonchev–Trinajstić information content (AvgIpc) is 2.79. The van der Waals surface area contributed by atoms with Crippen LogP contribution in [0.2, 0.25) is 0 Å². The molecule has 5 heteroatoms. The van der Waals surface area contributed by atoms with Crippen molar-refractivity contribution in [1.82, 2.24) is 19.4 Å². The molecule has 0 radical (unpaired) electrons. The molecule has 2 unspecified atom stereocenters. The third-order valence-corrected chi connectivity index (χ3v) is 4.15. The SMILES string of the molecule is CCn1cncc1C(CN)N1CCCN(C)CC1C. The average molecular weight is 265 g/mol. The Morgan fingerprint density at radius 1 is 1.47 bits per heavy atom. The summed E-state index contributed by atoms with van der Waals surface area (Å²) in [6, 6.07) is 0.810. The summed E-state index contributed by atoms with van der Waals surface area (Å²) >= 11 is 0. The van der Waals surface area contributed by atoms with Gasteiger partial charge in [-0.1, -0.05) is 0 Å². The van der Waals surface area contributed by atoms with Crippen molar-refractivity contribution >= 4 is 0 Å². The second-order valence-electron chi connectivity index (χ2n) is 5.56. The van der Waals surface area contributed by atoms with Crippen molar-refractivity contribution in [3.63, 3.8) is 0 Å². The lowest BCUT2D eigenvalue weighted by atomic mass is 10.1. The molecule has 19 heavy (non-hydrogen) atoms. The summed E-state index contributed by atoms with van der Waals surface area (Å²) in [7, 11) is 2.20. The molecule has 2 rings (SSSR count). The van der Waals surface area contributed by atoms with Gasteiger partial charge in [-0.05, 0) is 33.9 Å². The van der Waals surface area contributed by atoms with Gasteiger partial charge in [0.2, 0.25) is 0 Å². The smallest absolute Gasteiger partial charge is 0.0948 e. The first-order valence-electron chi connectivity index (χ1n) is 7.31. The summed E-state index contributed by atoms with van der Waals surface area (Å²) in [5, 5.41) is 0. The predicted octanol–water partition coefficient (Wildman–Crippen LogP) is 0.929. The van der Waals surface area contributed by atoms with E-state index in [-0.39, 0.29) is 6.04 Å². The Morgan fingerprint density at radius 3 is 2.95 bits per heavy atom. The predicted molar refractivity (Wildman–Crippen MR) is 78.0 cm³/mol. The minimum atomic E-state index is 0.281. The number of imidazole rings is 1. The van der Waals surface area contributed by atoms with E-state index in [4.69, 9.17) is 5.73 Å². The topological polar surface area (TPSA) is 50.3 Å². The standard InChI is InChI=1S/C14H27N5/c1-4-18-11-16-9-14(18)13(8-15)19-7-5-6-17(3)10-12(19)2/h9,11-13H,4-8,10,15H2,1-3H3. The van der Waals surface area contributed by atoms with Gasteiger partial charge < -0.3 is 15.2 Å². The molecule has 5 nitrogen and oxygen atoms in total. The first-order chi connectivity index (χ1) is 9.17. The van der Waals surface area contributed by atoms with Gasteiger partial charge in [0.15, 0.2) is 0 Å². The van der Waals surface area contributed by atoms with E-state index in [0.29, 0.717) is 12.6 Å². The van der Waals surface area contributed by atoms with Crippen LogP contribution in [0, 0.1) is 0 Å². The molecule has 0 aliphatic carbocycles. The molecule has 0 bridgehead atoms. The van der Waals surface area contributed by atoms with Crippen LogP contribution in [-0.4, -0.2) is 58.6 Å². The molecule has 2 atom stereocenters. The number of nitrogens with two attached hydrogens (primary N) is 1. The van der Waals surface area contributed by atoms with Gasteiger partial charge in [-0.2, -0.15) is 0 Å². The highest BCUT2D eigenvalue weighted by Crippen LogP contribution is 2.24. The van der Waals surface area contributed by atoms with Gasteiger partial charge in [-0.3, -0.25) is 4.90 Å². The Kier molecular flexibility index (Phi) is 4.96. The third kappa shape index (κ3) is 3.16. The maximum atomic E-state index is 6.07. The van der Waals surface area contributed by atoms with Gasteiger partial charge in [-0.25, -0.2) is 4.98 Å². The van der Waals surface area contributed by atoms with E-state index in [1.807, 2.05) is 12.5 Å². The van der Waals surface area contributed by atoms with Crippen LogP contribution in [0.1, 0.15) is 32.0 Å². The molecule has 0 saturated carbocycles. The monoisotopic (exact) mass is 265 g/mol. The van der Waals surface area contributed by atoms with Crippen LogP contribution in [0.15, 0.2) is 12.5 Å². The van der Waals surface area contributed by atoms with E-state index < -0.39 is 0 Å². The first-order valence-corrected chi connectivity index (χ1v) is 7.31. The molecule has 1 saturated heterocycles. The van der Waals surface area contributed by atoms with Crippen LogP contribution in [0.4, 0.5) is 0 Å². The zero-order valence-corrected chi connectivity index (χ0v) is 12.4. The number of nitrogens with zero attached hydrogens (tertiary/aromatic N) is 4. The quantitative estimate of drug-likeness (QED) is 0.880. The molecule has 1 aromatic heterocycles. The molecule has 108 valence electrons. The minimum absolute atomic E-state index is 0.281. The van der Waals surface area contributed by atoms with Gasteiger partial charge in [0.05, 0.1) is 18.1 Å². The highest BCUT2D eigenvalue weighted by molar-refractivity contribution is 5.07. The first kappa shape index (κ1) is 14.5. The number of hydrogen-bond acceptors (Lipinski definition) is 4. The van der Waals surface area contributed by atoms with Crippen LogP contribution in [0.5, 0.6) is 0 Å². The Morgan fingerprint density at radius 2 is 2.26 bits per heavy atom. The number of aromatic nitrogens is 2. The van der Waals surface area contributed by atoms with E-state index >= 15 is 0 Å². The molecule has 0 amide bonds. The van der Waals surface area contributed by atoms with Crippen LogP contribution in [0.3, 0.4) is 0 Å². The lowest BCUT2D eigenvalue weighted by molar-refractivity contribution is 0.141. The van der Waals surface area contributed by atoms with Gasteiger partial charge in [0.25, 0.3) is 0 Å². The van der Waals surface area contributed by atoms with Crippen LogP contribution in [-0.2, 0) is 6.54 Å². The van der Waals surface area contributed by atoms with Gasteiger partial charge in [0.1, 0.15) is 0 Å². The van der Waals surface area contributed by atoms with Crippen molar-refractivity contribution in [3.8, 4) is 0 Å². The Balaban J connectivity index is 2.20. The maximum Gasteiger partial charge on any atom is 0.0948 e. The highest BCUT2D eigenvalue weighted by atomic mass is 15.3. The fourth-order valence-corrected chi connectivity index (χ4v) is 3.15. The fourth-order valence-electron chi connectivity index (χ4n) is 3.15. The second kappa shape index (κ2) is 6.50. The Hall–Kier alpha value is -0.910. The summed E-state index contributed by atoms with van der Waals surface area (Å²) < 4.78 is 2.21. The highest BCUT2D eigenvalue weighted by Gasteiger charge is 2.28. The summed E-state index contributed by atoms with van der Waals surface area (Å²) in [6.07, 6.45) is 5.09. The molecule has 1 aliphatic rings. The molecule has 0 spiro atoms. The lowest BCUT2D eigenvalue weighted by Gasteiger charge is -2.35. The largest absolute Gasteiger partial charge is 0.333 e.